The van der Waals surface area contributed by atoms with Crippen molar-refractivity contribution in [2.75, 3.05) is 11.4 Å². The summed E-state index contributed by atoms with van der Waals surface area (Å²) in [6.45, 7) is 3.22. The van der Waals surface area contributed by atoms with Gasteiger partial charge in [0, 0.05) is 25.5 Å². The number of imidazole rings is 1. The molecule has 1 aromatic carbocycles. The van der Waals surface area contributed by atoms with Crippen molar-refractivity contribution in [2.45, 2.75) is 19.9 Å². The number of hydrogen-bond donors (Lipinski definition) is 0. The normalized spacial score (nSPS) is 11.2. The summed E-state index contributed by atoms with van der Waals surface area (Å²) in [5.41, 5.74) is 1.84. The maximum Gasteiger partial charge on any atom is 0.295 e. The van der Waals surface area contributed by atoms with E-state index in [2.05, 4.69) is 20.9 Å². The number of hydrogen-bond acceptors (Lipinski definition) is 5. The van der Waals surface area contributed by atoms with Gasteiger partial charge in [-0.3, -0.25) is 9.69 Å². The molecule has 28 heavy (non-hydrogen) atoms. The molecule has 0 radical (unpaired) electrons. The van der Waals surface area contributed by atoms with E-state index in [9.17, 15) is 4.79 Å². The fourth-order valence-corrected chi connectivity index (χ4v) is 4.53. The van der Waals surface area contributed by atoms with Crippen molar-refractivity contribution in [2.24, 2.45) is 0 Å². The van der Waals surface area contributed by atoms with E-state index < -0.39 is 0 Å². The summed E-state index contributed by atoms with van der Waals surface area (Å²) in [6, 6.07) is 7.15. The van der Waals surface area contributed by atoms with Gasteiger partial charge < -0.3 is 8.98 Å². The average molecular weight is 480 g/mol. The molecule has 0 saturated heterocycles. The van der Waals surface area contributed by atoms with Crippen molar-refractivity contribution in [1.82, 2.24) is 14.5 Å². The first-order valence-corrected chi connectivity index (χ1v) is 10.6. The summed E-state index contributed by atoms with van der Waals surface area (Å²) < 4.78 is 8.85. The molecule has 0 aliphatic heterocycles. The number of nitrogens with zero attached hydrogens (tertiary/aromatic N) is 4. The minimum atomic E-state index is -0.232. The summed E-state index contributed by atoms with van der Waals surface area (Å²) in [5.74, 6) is 0.0285. The van der Waals surface area contributed by atoms with Gasteiger partial charge in [-0.15, -0.1) is 0 Å². The molecule has 1 amide bonds. The Morgan fingerprint density at radius 2 is 2.21 bits per heavy atom. The highest BCUT2D eigenvalue weighted by Crippen LogP contribution is 2.36. The highest BCUT2D eigenvalue weighted by molar-refractivity contribution is 9.10. The maximum atomic E-state index is 13.1. The van der Waals surface area contributed by atoms with Crippen LogP contribution in [0.2, 0.25) is 5.02 Å². The van der Waals surface area contributed by atoms with Crippen LogP contribution < -0.4 is 4.90 Å². The maximum absolute atomic E-state index is 13.1. The average Bonchev–Trinajstić information content (AvgIpc) is 3.42. The van der Waals surface area contributed by atoms with Crippen molar-refractivity contribution < 1.29 is 9.21 Å². The van der Waals surface area contributed by atoms with E-state index in [0.717, 1.165) is 28.7 Å². The van der Waals surface area contributed by atoms with E-state index in [1.54, 1.807) is 29.6 Å². The lowest BCUT2D eigenvalue weighted by atomic mass is 10.2. The molecule has 9 heteroatoms. The van der Waals surface area contributed by atoms with Crippen LogP contribution >= 0.6 is 38.9 Å². The number of furan rings is 1. The standard InChI is InChI=1S/C19H16BrClN4O2S/c1-12-3-4-13(21)17-16(12)23-19(28-17)25(9-2-8-24-10-7-22-11-24)18(26)14-5-6-15(20)27-14/h3-7,10-11H,2,8-9H2,1H3. The Morgan fingerprint density at radius 1 is 1.36 bits per heavy atom. The van der Waals surface area contributed by atoms with Crippen LogP contribution in [-0.4, -0.2) is 27.0 Å². The van der Waals surface area contributed by atoms with Gasteiger partial charge in [-0.2, -0.15) is 0 Å². The molecule has 0 N–H and O–H groups in total. The number of anilines is 1. The van der Waals surface area contributed by atoms with Gasteiger partial charge in [0.15, 0.2) is 15.6 Å². The molecule has 0 aliphatic carbocycles. The number of thiazole rings is 1. The Balaban J connectivity index is 1.66. The first kappa shape index (κ1) is 19.2. The van der Waals surface area contributed by atoms with E-state index in [1.807, 2.05) is 29.8 Å². The van der Waals surface area contributed by atoms with E-state index in [0.29, 0.717) is 21.4 Å². The first-order chi connectivity index (χ1) is 13.5. The van der Waals surface area contributed by atoms with Gasteiger partial charge in [0.1, 0.15) is 0 Å². The molecule has 6 nitrogen and oxygen atoms in total. The third kappa shape index (κ3) is 3.85. The second-order valence-electron chi connectivity index (χ2n) is 6.25. The zero-order valence-corrected chi connectivity index (χ0v) is 18.1. The second-order valence-corrected chi connectivity index (χ2v) is 8.42. The predicted molar refractivity (Wildman–Crippen MR) is 114 cm³/mol. The smallest absolute Gasteiger partial charge is 0.295 e. The van der Waals surface area contributed by atoms with Crippen molar-refractivity contribution in [3.8, 4) is 0 Å². The van der Waals surface area contributed by atoms with E-state index in [4.69, 9.17) is 21.0 Å². The van der Waals surface area contributed by atoms with Crippen LogP contribution in [0.4, 0.5) is 5.13 Å². The topological polar surface area (TPSA) is 64.2 Å². The number of amides is 1. The number of aromatic nitrogens is 3. The highest BCUT2D eigenvalue weighted by Gasteiger charge is 2.24. The summed E-state index contributed by atoms with van der Waals surface area (Å²) >= 11 is 11.0. The molecular weight excluding hydrogens is 464 g/mol. The number of benzene rings is 1. The van der Waals surface area contributed by atoms with Crippen LogP contribution in [0.3, 0.4) is 0 Å². The number of carbonyl (C=O) groups is 1. The van der Waals surface area contributed by atoms with Crippen LogP contribution in [0.25, 0.3) is 10.2 Å². The Kier molecular flexibility index (Phi) is 5.52. The largest absolute Gasteiger partial charge is 0.444 e. The number of carbonyl (C=O) groups excluding carboxylic acids is 1. The summed E-state index contributed by atoms with van der Waals surface area (Å²) in [4.78, 5) is 23.5. The molecule has 4 aromatic rings. The minimum absolute atomic E-state index is 0.232. The zero-order chi connectivity index (χ0) is 19.7. The number of halogens is 2. The molecule has 4 rings (SSSR count). The third-order valence-corrected chi connectivity index (χ3v) is 6.27. The van der Waals surface area contributed by atoms with E-state index in [1.165, 1.54) is 11.3 Å². The molecule has 0 saturated carbocycles. The summed E-state index contributed by atoms with van der Waals surface area (Å²) in [7, 11) is 0. The van der Waals surface area contributed by atoms with Gasteiger partial charge in [-0.25, -0.2) is 9.97 Å². The quantitative estimate of drug-likeness (QED) is 0.364. The molecule has 0 spiro atoms. The SMILES string of the molecule is Cc1ccc(Cl)c2sc(N(CCCn3ccnc3)C(=O)c3ccc(Br)o3)nc12. The van der Waals surface area contributed by atoms with Crippen LogP contribution in [0, 0.1) is 6.92 Å². The van der Waals surface area contributed by atoms with Gasteiger partial charge in [-0.1, -0.05) is 29.0 Å². The zero-order valence-electron chi connectivity index (χ0n) is 14.9. The predicted octanol–water partition coefficient (Wildman–Crippen LogP) is 5.55. The van der Waals surface area contributed by atoms with Crippen LogP contribution in [-0.2, 0) is 6.54 Å². The fourth-order valence-electron chi connectivity index (χ4n) is 2.88. The van der Waals surface area contributed by atoms with Gasteiger partial charge in [0.25, 0.3) is 5.91 Å². The molecule has 0 unspecified atom stereocenters. The van der Waals surface area contributed by atoms with Gasteiger partial charge in [0.05, 0.1) is 21.6 Å². The molecule has 3 aromatic heterocycles. The Morgan fingerprint density at radius 3 is 2.89 bits per heavy atom. The van der Waals surface area contributed by atoms with Gasteiger partial charge in [-0.05, 0) is 53.0 Å². The minimum Gasteiger partial charge on any atom is -0.444 e. The van der Waals surface area contributed by atoms with Crippen molar-refractivity contribution >= 4 is 60.1 Å². The molecule has 3 heterocycles. The van der Waals surface area contributed by atoms with Crippen molar-refractivity contribution in [1.29, 1.82) is 0 Å². The molecular formula is C19H16BrClN4O2S. The third-order valence-electron chi connectivity index (χ3n) is 4.30. The van der Waals surface area contributed by atoms with Crippen LogP contribution in [0.15, 0.2) is 52.1 Å². The number of fused-ring (bicyclic) bond motifs is 1. The molecule has 0 fully saturated rings. The van der Waals surface area contributed by atoms with Crippen molar-refractivity contribution in [3.63, 3.8) is 0 Å². The second kappa shape index (κ2) is 8.06. The monoisotopic (exact) mass is 478 g/mol. The first-order valence-electron chi connectivity index (χ1n) is 8.61. The highest BCUT2D eigenvalue weighted by atomic mass is 79.9. The Labute approximate surface area is 178 Å². The Hall–Kier alpha value is -2.16. The number of rotatable bonds is 6. The lowest BCUT2D eigenvalue weighted by molar-refractivity contribution is 0.0958. The lowest BCUT2D eigenvalue weighted by Crippen LogP contribution is -2.32. The summed E-state index contributed by atoms with van der Waals surface area (Å²) in [5, 5.41) is 1.24. The molecule has 0 aliphatic rings. The van der Waals surface area contributed by atoms with Gasteiger partial charge in [0.2, 0.25) is 0 Å². The summed E-state index contributed by atoms with van der Waals surface area (Å²) in [6.07, 6.45) is 6.14. The number of aryl methyl sites for hydroxylation is 2. The van der Waals surface area contributed by atoms with E-state index >= 15 is 0 Å². The van der Waals surface area contributed by atoms with Crippen LogP contribution in [0.5, 0.6) is 0 Å². The Bertz CT molecular complexity index is 1080. The molecule has 0 bridgehead atoms. The molecule has 144 valence electrons. The van der Waals surface area contributed by atoms with Gasteiger partial charge >= 0.3 is 0 Å². The lowest BCUT2D eigenvalue weighted by Gasteiger charge is -2.18. The van der Waals surface area contributed by atoms with E-state index in [-0.39, 0.29) is 11.7 Å². The van der Waals surface area contributed by atoms with Crippen molar-refractivity contribution in [3.05, 3.63) is 64.0 Å². The fraction of sp³-hybridized carbons (Fsp3) is 0.211. The van der Waals surface area contributed by atoms with Crippen LogP contribution in [0.1, 0.15) is 22.5 Å². The molecule has 0 atom stereocenters.